The summed E-state index contributed by atoms with van der Waals surface area (Å²) in [4.78, 5) is 16.7. The molecule has 2 aromatic carbocycles. The van der Waals surface area contributed by atoms with Gasteiger partial charge >= 0.3 is 0 Å². The molecule has 1 N–H and O–H groups in total. The Bertz CT molecular complexity index is 783. The number of rotatable bonds is 6. The lowest BCUT2D eigenvalue weighted by atomic mass is 10.0. The first-order valence-corrected chi connectivity index (χ1v) is 8.86. The second-order valence-electron chi connectivity index (χ2n) is 5.76. The Morgan fingerprint density at radius 1 is 1.12 bits per heavy atom. The van der Waals surface area contributed by atoms with E-state index in [1.165, 1.54) is 17.3 Å². The first-order valence-electron chi connectivity index (χ1n) is 7.98. The average Bonchev–Trinajstić information content (AvgIpc) is 3.02. The van der Waals surface area contributed by atoms with Gasteiger partial charge in [-0.15, -0.1) is 0 Å². The molecule has 0 fully saturated rings. The molecule has 0 aliphatic carbocycles. The Morgan fingerprint density at radius 3 is 2.58 bits per heavy atom. The van der Waals surface area contributed by atoms with Crippen LogP contribution in [0.1, 0.15) is 25.3 Å². The highest BCUT2D eigenvalue weighted by atomic mass is 32.2. The van der Waals surface area contributed by atoms with E-state index in [1.807, 2.05) is 49.4 Å². The molecule has 0 spiro atoms. The van der Waals surface area contributed by atoms with Crippen molar-refractivity contribution in [3.8, 4) is 0 Å². The summed E-state index contributed by atoms with van der Waals surface area (Å²) in [6.07, 6.45) is 0. The number of nitrogens with zero attached hydrogens (tertiary/aromatic N) is 1. The number of nitrogens with one attached hydrogen (secondary N) is 1. The first kappa shape index (κ1) is 16.6. The van der Waals surface area contributed by atoms with Crippen molar-refractivity contribution >= 4 is 28.8 Å². The lowest BCUT2D eigenvalue weighted by molar-refractivity contribution is -0.120. The van der Waals surface area contributed by atoms with Gasteiger partial charge in [0, 0.05) is 6.54 Å². The molecule has 0 bridgehead atoms. The molecule has 5 heteroatoms. The zero-order valence-electron chi connectivity index (χ0n) is 13.7. The normalized spacial score (nSPS) is 13.6. The summed E-state index contributed by atoms with van der Waals surface area (Å²) in [6.45, 7) is 4.58. The molecule has 2 atom stereocenters. The third-order valence-electron chi connectivity index (χ3n) is 3.87. The molecule has 3 aromatic rings. The second-order valence-corrected chi connectivity index (χ2v) is 7.06. The van der Waals surface area contributed by atoms with Crippen LogP contribution in [-0.4, -0.2) is 22.7 Å². The molecule has 1 aromatic heterocycles. The fourth-order valence-electron chi connectivity index (χ4n) is 2.40. The van der Waals surface area contributed by atoms with Crippen LogP contribution in [0.4, 0.5) is 0 Å². The van der Waals surface area contributed by atoms with Crippen LogP contribution in [0, 0.1) is 0 Å². The molecular formula is C19H20N2O2S. The highest BCUT2D eigenvalue weighted by molar-refractivity contribution is 8.00. The summed E-state index contributed by atoms with van der Waals surface area (Å²) in [5.41, 5.74) is 2.77. The molecule has 0 aliphatic heterocycles. The number of hydrogen-bond donors (Lipinski definition) is 1. The van der Waals surface area contributed by atoms with E-state index < -0.39 is 0 Å². The van der Waals surface area contributed by atoms with E-state index in [0.717, 1.165) is 11.1 Å². The number of hydrogen-bond acceptors (Lipinski definition) is 4. The maximum Gasteiger partial charge on any atom is 0.257 e. The van der Waals surface area contributed by atoms with Crippen molar-refractivity contribution in [3.63, 3.8) is 0 Å². The van der Waals surface area contributed by atoms with Crippen LogP contribution in [0.2, 0.25) is 0 Å². The van der Waals surface area contributed by atoms with Crippen LogP contribution in [0.5, 0.6) is 0 Å². The lowest BCUT2D eigenvalue weighted by Gasteiger charge is -2.15. The molecule has 1 amide bonds. The van der Waals surface area contributed by atoms with Gasteiger partial charge in [-0.1, -0.05) is 61.2 Å². The first-order chi connectivity index (χ1) is 11.6. The smallest absolute Gasteiger partial charge is 0.257 e. The van der Waals surface area contributed by atoms with Crippen LogP contribution in [0.3, 0.4) is 0 Å². The third-order valence-corrected chi connectivity index (χ3v) is 4.82. The maximum absolute atomic E-state index is 12.3. The fraction of sp³-hybridized carbons (Fsp3) is 0.263. The van der Waals surface area contributed by atoms with Crippen molar-refractivity contribution in [1.29, 1.82) is 0 Å². The highest BCUT2D eigenvalue weighted by Crippen LogP contribution is 2.26. The molecule has 24 heavy (non-hydrogen) atoms. The molecule has 4 nitrogen and oxygen atoms in total. The zero-order valence-corrected chi connectivity index (χ0v) is 14.5. The minimum Gasteiger partial charge on any atom is -0.431 e. The molecule has 124 valence electrons. The van der Waals surface area contributed by atoms with Crippen molar-refractivity contribution in [2.75, 3.05) is 6.54 Å². The summed E-state index contributed by atoms with van der Waals surface area (Å²) < 4.78 is 5.66. The number of para-hydroxylation sites is 2. The summed E-state index contributed by atoms with van der Waals surface area (Å²) in [5.74, 6) is 0.265. The minimum absolute atomic E-state index is 0.00922. The van der Waals surface area contributed by atoms with Crippen LogP contribution in [0.15, 0.2) is 64.2 Å². The summed E-state index contributed by atoms with van der Waals surface area (Å²) in [5, 5.41) is 3.27. The van der Waals surface area contributed by atoms with Gasteiger partial charge in [-0.05, 0) is 30.5 Å². The molecule has 0 unspecified atom stereocenters. The lowest BCUT2D eigenvalue weighted by Crippen LogP contribution is -2.33. The Morgan fingerprint density at radius 2 is 1.83 bits per heavy atom. The van der Waals surface area contributed by atoms with Crippen molar-refractivity contribution in [3.05, 3.63) is 60.2 Å². The van der Waals surface area contributed by atoms with Gasteiger partial charge < -0.3 is 9.73 Å². The SMILES string of the molecule is C[C@H](Sc1nc2ccccc2o1)C(=O)NC[C@@H](C)c1ccccc1. The Kier molecular flexibility index (Phi) is 5.20. The van der Waals surface area contributed by atoms with Crippen molar-refractivity contribution < 1.29 is 9.21 Å². The fourth-order valence-corrected chi connectivity index (χ4v) is 3.18. The van der Waals surface area contributed by atoms with Gasteiger partial charge in [-0.3, -0.25) is 4.79 Å². The Labute approximate surface area is 145 Å². The van der Waals surface area contributed by atoms with Gasteiger partial charge in [0.05, 0.1) is 5.25 Å². The number of carbonyl (C=O) groups is 1. The van der Waals surface area contributed by atoms with Crippen LogP contribution < -0.4 is 5.32 Å². The Balaban J connectivity index is 1.54. The maximum atomic E-state index is 12.3. The standard InChI is InChI=1S/C19H20N2O2S/c1-13(15-8-4-3-5-9-15)12-20-18(22)14(2)24-19-21-16-10-6-7-11-17(16)23-19/h3-11,13-14H,12H2,1-2H3,(H,20,22)/t13-,14+/m1/s1. The van der Waals surface area contributed by atoms with Gasteiger partial charge in [-0.2, -0.15) is 0 Å². The van der Waals surface area contributed by atoms with E-state index in [9.17, 15) is 4.79 Å². The summed E-state index contributed by atoms with van der Waals surface area (Å²) in [7, 11) is 0. The second kappa shape index (κ2) is 7.53. The topological polar surface area (TPSA) is 55.1 Å². The molecule has 0 radical (unpaired) electrons. The number of aromatic nitrogens is 1. The average molecular weight is 340 g/mol. The third kappa shape index (κ3) is 3.97. The Hall–Kier alpha value is -2.27. The van der Waals surface area contributed by atoms with Gasteiger partial charge in [-0.25, -0.2) is 4.98 Å². The van der Waals surface area contributed by atoms with Gasteiger partial charge in [0.25, 0.3) is 5.22 Å². The number of thioether (sulfide) groups is 1. The molecule has 0 saturated carbocycles. The number of benzene rings is 2. The van der Waals surface area contributed by atoms with E-state index in [-0.39, 0.29) is 17.1 Å². The molecular weight excluding hydrogens is 320 g/mol. The van der Waals surface area contributed by atoms with Gasteiger partial charge in [0.2, 0.25) is 5.91 Å². The molecule has 1 heterocycles. The molecule has 3 rings (SSSR count). The number of oxazole rings is 1. The summed E-state index contributed by atoms with van der Waals surface area (Å²) >= 11 is 1.34. The van der Waals surface area contributed by atoms with Gasteiger partial charge in [0.1, 0.15) is 5.52 Å². The molecule has 0 saturated heterocycles. The van der Waals surface area contributed by atoms with E-state index in [2.05, 4.69) is 29.4 Å². The number of fused-ring (bicyclic) bond motifs is 1. The van der Waals surface area contributed by atoms with E-state index in [1.54, 1.807) is 0 Å². The van der Waals surface area contributed by atoms with Crippen LogP contribution in [-0.2, 0) is 4.79 Å². The van der Waals surface area contributed by atoms with Gasteiger partial charge in [0.15, 0.2) is 5.58 Å². The van der Waals surface area contributed by atoms with Crippen LogP contribution in [0.25, 0.3) is 11.1 Å². The predicted molar refractivity (Wildman–Crippen MR) is 97.2 cm³/mol. The highest BCUT2D eigenvalue weighted by Gasteiger charge is 2.18. The molecule has 0 aliphatic rings. The van der Waals surface area contributed by atoms with Crippen LogP contribution >= 0.6 is 11.8 Å². The minimum atomic E-state index is -0.263. The van der Waals surface area contributed by atoms with E-state index in [4.69, 9.17) is 4.42 Å². The number of amides is 1. The van der Waals surface area contributed by atoms with E-state index >= 15 is 0 Å². The van der Waals surface area contributed by atoms with Crippen molar-refractivity contribution in [1.82, 2.24) is 10.3 Å². The van der Waals surface area contributed by atoms with Crippen molar-refractivity contribution in [2.24, 2.45) is 0 Å². The van der Waals surface area contributed by atoms with E-state index in [0.29, 0.717) is 11.8 Å². The quantitative estimate of drug-likeness (QED) is 0.682. The monoisotopic (exact) mass is 340 g/mol. The van der Waals surface area contributed by atoms with Crippen molar-refractivity contribution in [2.45, 2.75) is 30.2 Å². The summed E-state index contributed by atoms with van der Waals surface area (Å²) in [6, 6.07) is 17.8. The largest absolute Gasteiger partial charge is 0.431 e. The number of carbonyl (C=O) groups excluding carboxylic acids is 1. The zero-order chi connectivity index (χ0) is 16.9. The predicted octanol–water partition coefficient (Wildman–Crippen LogP) is 4.23.